The Labute approximate surface area is 243 Å². The van der Waals surface area contributed by atoms with E-state index in [0.717, 1.165) is 22.3 Å². The maximum Gasteiger partial charge on any atom is 0.343 e. The molecule has 42 heavy (non-hydrogen) atoms. The van der Waals surface area contributed by atoms with Crippen molar-refractivity contribution in [3.05, 3.63) is 116 Å². The number of thiophene rings is 1. The Kier molecular flexibility index (Phi) is 8.29. The number of urea groups is 1. The van der Waals surface area contributed by atoms with Gasteiger partial charge in [0.25, 0.3) is 5.56 Å². The number of rotatable bonds is 8. The third-order valence-electron chi connectivity index (χ3n) is 6.54. The van der Waals surface area contributed by atoms with Crippen LogP contribution in [0.5, 0.6) is 0 Å². The molecular formula is C30H27F2N5O4S. The Balaban J connectivity index is 1.78. The van der Waals surface area contributed by atoms with E-state index in [1.807, 2.05) is 19.0 Å². The van der Waals surface area contributed by atoms with Crippen LogP contribution >= 0.6 is 11.3 Å². The van der Waals surface area contributed by atoms with Crippen LogP contribution < -0.4 is 22.0 Å². The Hall–Kier alpha value is -4.65. The lowest BCUT2D eigenvalue weighted by Gasteiger charge is -2.15. The van der Waals surface area contributed by atoms with E-state index in [-0.39, 0.29) is 10.9 Å². The number of carbonyl (C=O) groups excluding carboxylic acids is 1. The van der Waals surface area contributed by atoms with Crippen molar-refractivity contribution in [1.82, 2.24) is 19.5 Å². The minimum atomic E-state index is -0.793. The van der Waals surface area contributed by atoms with E-state index in [9.17, 15) is 23.2 Å². The van der Waals surface area contributed by atoms with E-state index >= 15 is 0 Å². The summed E-state index contributed by atoms with van der Waals surface area (Å²) in [6.07, 6.45) is 0. The zero-order valence-corrected chi connectivity index (χ0v) is 23.8. The first-order chi connectivity index (χ1) is 20.2. The lowest BCUT2D eigenvalue weighted by Crippen LogP contribution is -2.39. The molecule has 12 heteroatoms. The highest BCUT2D eigenvalue weighted by molar-refractivity contribution is 7.22. The largest absolute Gasteiger partial charge is 0.343 e. The summed E-state index contributed by atoms with van der Waals surface area (Å²) in [7, 11) is 5.03. The van der Waals surface area contributed by atoms with E-state index in [1.165, 1.54) is 29.1 Å². The average molecular weight is 592 g/mol. The summed E-state index contributed by atoms with van der Waals surface area (Å²) < 4.78 is 31.9. The average Bonchev–Trinajstić information content (AvgIpc) is 3.32. The highest BCUT2D eigenvalue weighted by Crippen LogP contribution is 2.38. The molecule has 5 rings (SSSR count). The van der Waals surface area contributed by atoms with Gasteiger partial charge in [-0.25, -0.2) is 28.4 Å². The minimum Gasteiger partial charge on any atom is -0.306 e. The molecule has 0 aliphatic rings. The van der Waals surface area contributed by atoms with Gasteiger partial charge in [-0.05, 0) is 61.6 Å². The molecule has 2 N–H and O–H groups in total. The van der Waals surface area contributed by atoms with Crippen molar-refractivity contribution in [2.24, 2.45) is 0 Å². The highest BCUT2D eigenvalue weighted by Gasteiger charge is 2.25. The molecule has 2 amide bonds. The molecule has 0 aliphatic carbocycles. The van der Waals surface area contributed by atoms with Crippen LogP contribution in [0.2, 0.25) is 0 Å². The fraction of sp³-hybridized carbons (Fsp3) is 0.167. The Morgan fingerprint density at radius 1 is 0.929 bits per heavy atom. The number of fused-ring (bicyclic) bond motifs is 1. The molecule has 0 spiro atoms. The first kappa shape index (κ1) is 28.9. The SMILES string of the molecule is CONC(=O)Nc1ccc(-c2sc3c(c2CN(C)C)c(=O)n(-c2ccccc2)c(=O)n3Cc2c(F)cccc2F)cc1. The second-order valence-corrected chi connectivity index (χ2v) is 10.7. The van der Waals surface area contributed by atoms with Crippen LogP contribution in [0.3, 0.4) is 0 Å². The molecule has 3 aromatic carbocycles. The molecule has 2 aromatic heterocycles. The van der Waals surface area contributed by atoms with Crippen molar-refractivity contribution in [1.29, 1.82) is 0 Å². The van der Waals surface area contributed by atoms with E-state index in [4.69, 9.17) is 0 Å². The maximum absolute atomic E-state index is 14.8. The van der Waals surface area contributed by atoms with Crippen LogP contribution in [-0.2, 0) is 17.9 Å². The van der Waals surface area contributed by atoms with Crippen molar-refractivity contribution in [2.45, 2.75) is 13.1 Å². The lowest BCUT2D eigenvalue weighted by molar-refractivity contribution is 0.114. The molecule has 0 saturated carbocycles. The second-order valence-electron chi connectivity index (χ2n) is 9.71. The predicted molar refractivity (Wildman–Crippen MR) is 159 cm³/mol. The van der Waals surface area contributed by atoms with Crippen LogP contribution in [0.1, 0.15) is 11.1 Å². The molecule has 9 nitrogen and oxygen atoms in total. The summed E-state index contributed by atoms with van der Waals surface area (Å²) in [6, 6.07) is 18.3. The standard InChI is InChI=1S/C30H27F2N5O4S/c1-35(2)16-22-25-27(38)37(20-8-5-4-6-9-20)30(40)36(17-21-23(31)10-7-11-24(21)32)28(25)42-26(22)18-12-14-19(15-13-18)33-29(39)34-41-3/h4-15H,16-17H2,1-3H3,(H2,33,34,39). The normalized spacial score (nSPS) is 11.3. The number of benzene rings is 3. The van der Waals surface area contributed by atoms with Crippen molar-refractivity contribution in [2.75, 3.05) is 26.5 Å². The van der Waals surface area contributed by atoms with Gasteiger partial charge in [0.2, 0.25) is 0 Å². The predicted octanol–water partition coefficient (Wildman–Crippen LogP) is 4.95. The molecule has 0 aliphatic heterocycles. The van der Waals surface area contributed by atoms with Gasteiger partial charge in [0.05, 0.1) is 24.7 Å². The van der Waals surface area contributed by atoms with Crippen molar-refractivity contribution in [3.63, 3.8) is 0 Å². The molecular weight excluding hydrogens is 564 g/mol. The van der Waals surface area contributed by atoms with E-state index < -0.39 is 35.5 Å². The number of halogens is 2. The number of nitrogens with zero attached hydrogens (tertiary/aromatic N) is 3. The number of nitrogens with one attached hydrogen (secondary N) is 2. The van der Waals surface area contributed by atoms with Crippen molar-refractivity contribution >= 4 is 33.3 Å². The monoisotopic (exact) mass is 591 g/mol. The number of hydrogen-bond donors (Lipinski definition) is 2. The number of amides is 2. The van der Waals surface area contributed by atoms with Crippen molar-refractivity contribution in [3.8, 4) is 16.1 Å². The van der Waals surface area contributed by atoms with Gasteiger partial charge in [0.1, 0.15) is 16.5 Å². The Bertz CT molecular complexity index is 1860. The summed E-state index contributed by atoms with van der Waals surface area (Å²) in [6.45, 7) is -0.0678. The zero-order chi connectivity index (χ0) is 30.0. The van der Waals surface area contributed by atoms with Crippen LogP contribution in [-0.4, -0.2) is 41.3 Å². The van der Waals surface area contributed by atoms with Gasteiger partial charge in [-0.15, -0.1) is 11.3 Å². The van der Waals surface area contributed by atoms with E-state index in [0.29, 0.717) is 33.2 Å². The Morgan fingerprint density at radius 2 is 1.60 bits per heavy atom. The summed E-state index contributed by atoms with van der Waals surface area (Å²) in [5.41, 5.74) is 2.88. The molecule has 5 aromatic rings. The molecule has 0 saturated heterocycles. The number of anilines is 1. The number of aromatic nitrogens is 2. The topological polar surface area (TPSA) is 97.6 Å². The summed E-state index contributed by atoms with van der Waals surface area (Å²) in [4.78, 5) is 47.4. The smallest absolute Gasteiger partial charge is 0.306 e. The third-order valence-corrected chi connectivity index (χ3v) is 7.84. The lowest BCUT2D eigenvalue weighted by atomic mass is 10.1. The summed E-state index contributed by atoms with van der Waals surface area (Å²) in [5, 5.41) is 2.92. The van der Waals surface area contributed by atoms with Crippen LogP contribution in [0, 0.1) is 11.6 Å². The van der Waals surface area contributed by atoms with Gasteiger partial charge >= 0.3 is 11.7 Å². The zero-order valence-electron chi connectivity index (χ0n) is 23.0. The summed E-state index contributed by atoms with van der Waals surface area (Å²) >= 11 is 1.20. The van der Waals surface area contributed by atoms with Gasteiger partial charge in [0.15, 0.2) is 0 Å². The number of hydrogen-bond acceptors (Lipinski definition) is 6. The number of para-hydroxylation sites is 1. The molecule has 0 atom stereocenters. The highest BCUT2D eigenvalue weighted by atomic mass is 32.1. The molecule has 2 heterocycles. The summed E-state index contributed by atoms with van der Waals surface area (Å²) in [5.74, 6) is -1.59. The van der Waals surface area contributed by atoms with E-state index in [2.05, 4.69) is 15.6 Å². The van der Waals surface area contributed by atoms with Crippen LogP contribution in [0.15, 0.2) is 82.4 Å². The maximum atomic E-state index is 14.8. The third kappa shape index (κ3) is 5.59. The molecule has 0 unspecified atom stereocenters. The fourth-order valence-electron chi connectivity index (χ4n) is 4.71. The Morgan fingerprint density at radius 3 is 2.21 bits per heavy atom. The number of hydroxylamine groups is 1. The minimum absolute atomic E-state index is 0.283. The molecule has 216 valence electrons. The van der Waals surface area contributed by atoms with Gasteiger partial charge in [-0.1, -0.05) is 36.4 Å². The number of carbonyl (C=O) groups is 1. The van der Waals surface area contributed by atoms with E-state index in [1.54, 1.807) is 54.6 Å². The van der Waals surface area contributed by atoms with Gasteiger partial charge in [-0.3, -0.25) is 14.2 Å². The molecule has 0 bridgehead atoms. The quantitative estimate of drug-likeness (QED) is 0.249. The van der Waals surface area contributed by atoms with Crippen LogP contribution in [0.25, 0.3) is 26.3 Å². The van der Waals surface area contributed by atoms with Gasteiger partial charge < -0.3 is 10.2 Å². The second kappa shape index (κ2) is 12.1. The van der Waals surface area contributed by atoms with Crippen molar-refractivity contribution < 1.29 is 18.4 Å². The molecule has 0 fully saturated rings. The van der Waals surface area contributed by atoms with Crippen LogP contribution in [0.4, 0.5) is 19.3 Å². The fourth-order valence-corrected chi connectivity index (χ4v) is 6.01. The van der Waals surface area contributed by atoms with Gasteiger partial charge in [-0.2, -0.15) is 0 Å². The first-order valence-corrected chi connectivity index (χ1v) is 13.7. The molecule has 0 radical (unpaired) electrons. The van der Waals surface area contributed by atoms with Gasteiger partial charge in [0, 0.05) is 22.7 Å². The first-order valence-electron chi connectivity index (χ1n) is 12.8.